The number of anilines is 1. The molecule has 0 aliphatic heterocycles. The quantitative estimate of drug-likeness (QED) is 0.564. The summed E-state index contributed by atoms with van der Waals surface area (Å²) in [5.74, 6) is -0.578. The Hall–Kier alpha value is -2.09. The van der Waals surface area contributed by atoms with Crippen molar-refractivity contribution in [1.82, 2.24) is 5.43 Å². The van der Waals surface area contributed by atoms with Crippen LogP contribution in [0.2, 0.25) is 10.0 Å². The molecule has 27 heavy (non-hydrogen) atoms. The lowest BCUT2D eigenvalue weighted by atomic mass is 10.1. The molecular formula is C18H19Cl2N3O3S. The zero-order chi connectivity index (χ0) is 20.2. The lowest BCUT2D eigenvalue weighted by Crippen LogP contribution is -2.39. The van der Waals surface area contributed by atoms with E-state index >= 15 is 0 Å². The van der Waals surface area contributed by atoms with Crippen molar-refractivity contribution in [2.75, 3.05) is 17.1 Å². The Labute approximate surface area is 168 Å². The average molecular weight is 428 g/mol. The highest BCUT2D eigenvalue weighted by molar-refractivity contribution is 7.92. The van der Waals surface area contributed by atoms with E-state index in [2.05, 4.69) is 10.5 Å². The number of rotatable bonds is 6. The number of hydrogen-bond acceptors (Lipinski definition) is 4. The van der Waals surface area contributed by atoms with E-state index in [4.69, 9.17) is 23.2 Å². The third-order valence-corrected chi connectivity index (χ3v) is 5.54. The van der Waals surface area contributed by atoms with Crippen LogP contribution in [0, 0.1) is 6.92 Å². The van der Waals surface area contributed by atoms with Gasteiger partial charge in [-0.3, -0.25) is 9.10 Å². The first-order chi connectivity index (χ1) is 12.6. The molecule has 0 aliphatic rings. The molecule has 9 heteroatoms. The fourth-order valence-electron chi connectivity index (χ4n) is 2.20. The summed E-state index contributed by atoms with van der Waals surface area (Å²) in [7, 11) is -3.69. The van der Waals surface area contributed by atoms with Gasteiger partial charge in [-0.2, -0.15) is 5.10 Å². The molecule has 0 spiro atoms. The minimum absolute atomic E-state index is 0.307. The molecule has 6 nitrogen and oxygen atoms in total. The van der Waals surface area contributed by atoms with Crippen LogP contribution in [-0.4, -0.2) is 32.8 Å². The van der Waals surface area contributed by atoms with Gasteiger partial charge in [0.2, 0.25) is 10.0 Å². The number of hydrazone groups is 1. The highest BCUT2D eigenvalue weighted by Crippen LogP contribution is 2.24. The average Bonchev–Trinajstić information content (AvgIpc) is 2.59. The standard InChI is InChI=1S/C18H19Cl2N3O3S/c1-12-4-9-16(10-17(12)20)23(27(3,25)26)11-18(24)22-21-13(2)14-5-7-15(19)8-6-14/h4-10H,11H2,1-3H3,(H,22,24)/b21-13-. The van der Waals surface area contributed by atoms with E-state index in [9.17, 15) is 13.2 Å². The Kier molecular flexibility index (Phi) is 6.86. The SMILES string of the molecule is C/C(=N/NC(=O)CN(c1ccc(C)c(Cl)c1)S(C)(=O)=O)c1ccc(Cl)cc1. The lowest BCUT2D eigenvalue weighted by Gasteiger charge is -2.22. The molecule has 2 aromatic carbocycles. The van der Waals surface area contributed by atoms with Gasteiger partial charge in [-0.1, -0.05) is 41.4 Å². The van der Waals surface area contributed by atoms with Crippen molar-refractivity contribution in [3.05, 3.63) is 63.6 Å². The number of carbonyl (C=O) groups is 1. The van der Waals surface area contributed by atoms with Crippen LogP contribution in [-0.2, 0) is 14.8 Å². The van der Waals surface area contributed by atoms with Gasteiger partial charge in [0.25, 0.3) is 5.91 Å². The van der Waals surface area contributed by atoms with E-state index < -0.39 is 22.5 Å². The van der Waals surface area contributed by atoms with Crippen LogP contribution in [0.1, 0.15) is 18.1 Å². The highest BCUT2D eigenvalue weighted by atomic mass is 35.5. The predicted molar refractivity (Wildman–Crippen MR) is 110 cm³/mol. The second kappa shape index (κ2) is 8.73. The van der Waals surface area contributed by atoms with Gasteiger partial charge in [-0.25, -0.2) is 13.8 Å². The molecule has 1 N–H and O–H groups in total. The van der Waals surface area contributed by atoms with E-state index in [1.54, 1.807) is 50.2 Å². The lowest BCUT2D eigenvalue weighted by molar-refractivity contribution is -0.119. The van der Waals surface area contributed by atoms with Gasteiger partial charge in [0.1, 0.15) is 6.54 Å². The Bertz CT molecular complexity index is 974. The smallest absolute Gasteiger partial charge is 0.260 e. The first-order valence-electron chi connectivity index (χ1n) is 7.91. The molecule has 0 aromatic heterocycles. The molecule has 0 atom stereocenters. The van der Waals surface area contributed by atoms with Crippen LogP contribution >= 0.6 is 23.2 Å². The Balaban J connectivity index is 2.15. The molecule has 0 aliphatic carbocycles. The summed E-state index contributed by atoms with van der Waals surface area (Å²) in [6, 6.07) is 11.8. The molecular weight excluding hydrogens is 409 g/mol. The van der Waals surface area contributed by atoms with Crippen molar-refractivity contribution in [2.45, 2.75) is 13.8 Å². The first kappa shape index (κ1) is 21.2. The summed E-state index contributed by atoms with van der Waals surface area (Å²) in [6.07, 6.45) is 1.02. The van der Waals surface area contributed by atoms with Crippen molar-refractivity contribution in [2.24, 2.45) is 5.10 Å². The van der Waals surface area contributed by atoms with E-state index in [-0.39, 0.29) is 0 Å². The number of halogens is 2. The summed E-state index contributed by atoms with van der Waals surface area (Å²) < 4.78 is 25.2. The summed E-state index contributed by atoms with van der Waals surface area (Å²) >= 11 is 11.9. The maximum atomic E-state index is 12.2. The summed E-state index contributed by atoms with van der Waals surface area (Å²) in [5, 5.41) is 5.02. The van der Waals surface area contributed by atoms with Crippen LogP contribution < -0.4 is 9.73 Å². The van der Waals surface area contributed by atoms with Gasteiger partial charge in [0.05, 0.1) is 17.7 Å². The number of hydrogen-bond donors (Lipinski definition) is 1. The largest absolute Gasteiger partial charge is 0.271 e. The van der Waals surface area contributed by atoms with E-state index in [0.717, 1.165) is 21.7 Å². The van der Waals surface area contributed by atoms with Gasteiger partial charge in [-0.15, -0.1) is 0 Å². The molecule has 2 rings (SSSR count). The Morgan fingerprint density at radius 3 is 2.33 bits per heavy atom. The van der Waals surface area contributed by atoms with Crippen molar-refractivity contribution in [3.8, 4) is 0 Å². The third-order valence-electron chi connectivity index (χ3n) is 3.74. The van der Waals surface area contributed by atoms with Gasteiger partial charge >= 0.3 is 0 Å². The molecule has 0 saturated heterocycles. The summed E-state index contributed by atoms with van der Waals surface area (Å²) in [4.78, 5) is 12.2. The second-order valence-electron chi connectivity index (χ2n) is 5.94. The Morgan fingerprint density at radius 2 is 1.78 bits per heavy atom. The fraction of sp³-hybridized carbons (Fsp3) is 0.222. The third kappa shape index (κ3) is 5.95. The molecule has 2 aromatic rings. The van der Waals surface area contributed by atoms with Gasteiger partial charge in [0, 0.05) is 10.0 Å². The maximum Gasteiger partial charge on any atom is 0.260 e. The predicted octanol–water partition coefficient (Wildman–Crippen LogP) is 3.61. The number of nitrogens with zero attached hydrogens (tertiary/aromatic N) is 2. The van der Waals surface area contributed by atoms with Gasteiger partial charge in [0.15, 0.2) is 0 Å². The number of aryl methyl sites for hydroxylation is 1. The molecule has 0 unspecified atom stereocenters. The summed E-state index contributed by atoms with van der Waals surface area (Å²) in [6.45, 7) is 3.10. The zero-order valence-electron chi connectivity index (χ0n) is 15.0. The van der Waals surface area contributed by atoms with Crippen LogP contribution in [0.25, 0.3) is 0 Å². The highest BCUT2D eigenvalue weighted by Gasteiger charge is 2.21. The van der Waals surface area contributed by atoms with Gasteiger partial charge in [-0.05, 0) is 49.2 Å². The fourth-order valence-corrected chi connectivity index (χ4v) is 3.35. The monoisotopic (exact) mass is 427 g/mol. The molecule has 0 fully saturated rings. The minimum atomic E-state index is -3.69. The zero-order valence-corrected chi connectivity index (χ0v) is 17.4. The van der Waals surface area contributed by atoms with Crippen LogP contribution in [0.3, 0.4) is 0 Å². The molecule has 0 radical (unpaired) electrons. The van der Waals surface area contributed by atoms with E-state index in [1.165, 1.54) is 6.07 Å². The topological polar surface area (TPSA) is 78.8 Å². The van der Waals surface area contributed by atoms with Crippen LogP contribution in [0.5, 0.6) is 0 Å². The first-order valence-corrected chi connectivity index (χ1v) is 10.5. The number of amides is 1. The van der Waals surface area contributed by atoms with E-state index in [0.29, 0.717) is 21.4 Å². The number of sulfonamides is 1. The molecule has 1 amide bonds. The van der Waals surface area contributed by atoms with Crippen molar-refractivity contribution in [1.29, 1.82) is 0 Å². The summed E-state index contributed by atoms with van der Waals surface area (Å²) in [5.41, 5.74) is 4.83. The van der Waals surface area contributed by atoms with Crippen LogP contribution in [0.4, 0.5) is 5.69 Å². The number of benzene rings is 2. The molecule has 0 saturated carbocycles. The maximum absolute atomic E-state index is 12.2. The van der Waals surface area contributed by atoms with Gasteiger partial charge < -0.3 is 0 Å². The number of carbonyl (C=O) groups excluding carboxylic acids is 1. The molecule has 144 valence electrons. The molecule has 0 heterocycles. The number of nitrogens with one attached hydrogen (secondary N) is 1. The van der Waals surface area contributed by atoms with Crippen molar-refractivity contribution in [3.63, 3.8) is 0 Å². The minimum Gasteiger partial charge on any atom is -0.271 e. The molecule has 0 bridgehead atoms. The van der Waals surface area contributed by atoms with E-state index in [1.807, 2.05) is 0 Å². The van der Waals surface area contributed by atoms with Crippen LogP contribution in [0.15, 0.2) is 47.6 Å². The second-order valence-corrected chi connectivity index (χ2v) is 8.69. The Morgan fingerprint density at radius 1 is 1.15 bits per heavy atom. The van der Waals surface area contributed by atoms with Crippen molar-refractivity contribution >= 4 is 50.5 Å². The normalized spacial score (nSPS) is 12.0. The van der Waals surface area contributed by atoms with Crippen molar-refractivity contribution < 1.29 is 13.2 Å².